The average Bonchev–Trinajstić information content (AvgIpc) is 2.49. The predicted molar refractivity (Wildman–Crippen MR) is 43.5 cm³/mol. The van der Waals surface area contributed by atoms with Crippen LogP contribution < -0.4 is 11.1 Å². The molecule has 1 saturated heterocycles. The lowest BCUT2D eigenvalue weighted by molar-refractivity contribution is 0.152. The van der Waals surface area contributed by atoms with E-state index in [1.807, 2.05) is 0 Å². The molecule has 2 aliphatic rings. The van der Waals surface area contributed by atoms with Crippen LogP contribution in [0.5, 0.6) is 0 Å². The molecule has 1 amide bonds. The second kappa shape index (κ2) is 2.94. The Bertz CT molecular complexity index is 185. The molecule has 1 aliphatic carbocycles. The number of piperidine rings is 1. The fourth-order valence-corrected chi connectivity index (χ4v) is 2.27. The van der Waals surface area contributed by atoms with E-state index in [0.717, 1.165) is 37.3 Å². The van der Waals surface area contributed by atoms with Gasteiger partial charge in [0.1, 0.15) is 0 Å². The van der Waals surface area contributed by atoms with Gasteiger partial charge in [0.25, 0.3) is 0 Å². The minimum absolute atomic E-state index is 0.493. The van der Waals surface area contributed by atoms with Crippen molar-refractivity contribution in [3.63, 3.8) is 0 Å². The number of carbonyl (C=O) groups excluding carboxylic acids is 1. The molecule has 2 atom stereocenters. The van der Waals surface area contributed by atoms with Crippen LogP contribution in [0, 0.1) is 17.8 Å². The third-order valence-corrected chi connectivity index (χ3v) is 2.96. The minimum Gasteiger partial charge on any atom is -0.450 e. The Morgan fingerprint density at radius 3 is 2.75 bits per heavy atom. The molecule has 4 heteroatoms. The molecule has 12 heavy (non-hydrogen) atoms. The number of hydrogen-bond donors (Lipinski definition) is 2. The van der Waals surface area contributed by atoms with Gasteiger partial charge >= 0.3 is 6.09 Å². The topological polar surface area (TPSA) is 64.4 Å². The fraction of sp³-hybridized carbons (Fsp3) is 0.875. The van der Waals surface area contributed by atoms with Crippen molar-refractivity contribution >= 4 is 6.09 Å². The highest BCUT2D eigenvalue weighted by Gasteiger charge is 2.51. The maximum Gasteiger partial charge on any atom is 0.404 e. The van der Waals surface area contributed by atoms with E-state index in [2.05, 4.69) is 10.1 Å². The predicted octanol–water partition coefficient (Wildman–Crippen LogP) is -0.0628. The van der Waals surface area contributed by atoms with Gasteiger partial charge in [0.2, 0.25) is 0 Å². The Kier molecular flexibility index (Phi) is 1.92. The van der Waals surface area contributed by atoms with Crippen LogP contribution in [0.15, 0.2) is 0 Å². The van der Waals surface area contributed by atoms with Gasteiger partial charge in [0, 0.05) is 0 Å². The van der Waals surface area contributed by atoms with Crippen molar-refractivity contribution in [3.8, 4) is 0 Å². The smallest absolute Gasteiger partial charge is 0.404 e. The van der Waals surface area contributed by atoms with E-state index in [4.69, 9.17) is 5.73 Å². The molecular weight excluding hydrogens is 156 g/mol. The Labute approximate surface area is 71.4 Å². The summed E-state index contributed by atoms with van der Waals surface area (Å²) in [6, 6.07) is 0. The number of hydrogen-bond acceptors (Lipinski definition) is 3. The van der Waals surface area contributed by atoms with Crippen molar-refractivity contribution in [3.05, 3.63) is 0 Å². The number of carbonyl (C=O) groups is 1. The standard InChI is InChI=1S/C8H14N2O2/c9-8(11)12-2-1-5-6-3-10-4-7(5)6/h5-7,10H,1-4H2,(H2,9,11). The summed E-state index contributed by atoms with van der Waals surface area (Å²) >= 11 is 0. The normalized spacial score (nSPS) is 37.5. The molecule has 1 saturated carbocycles. The minimum atomic E-state index is -0.654. The molecule has 4 nitrogen and oxygen atoms in total. The van der Waals surface area contributed by atoms with Crippen molar-refractivity contribution in [2.24, 2.45) is 23.5 Å². The van der Waals surface area contributed by atoms with Gasteiger partial charge in [0.15, 0.2) is 0 Å². The molecule has 2 rings (SSSR count). The van der Waals surface area contributed by atoms with Gasteiger partial charge < -0.3 is 15.8 Å². The van der Waals surface area contributed by atoms with E-state index in [0.29, 0.717) is 6.61 Å². The van der Waals surface area contributed by atoms with E-state index < -0.39 is 6.09 Å². The SMILES string of the molecule is NC(=O)OCCC1C2CNCC12. The van der Waals surface area contributed by atoms with Crippen LogP contribution >= 0.6 is 0 Å². The number of ether oxygens (including phenoxy) is 1. The van der Waals surface area contributed by atoms with Crippen LogP contribution in [-0.4, -0.2) is 25.8 Å². The Hall–Kier alpha value is -0.770. The second-order valence-corrected chi connectivity index (χ2v) is 3.61. The first-order chi connectivity index (χ1) is 5.79. The van der Waals surface area contributed by atoms with Gasteiger partial charge in [-0.25, -0.2) is 4.79 Å². The number of fused-ring (bicyclic) bond motifs is 1. The van der Waals surface area contributed by atoms with Crippen molar-refractivity contribution < 1.29 is 9.53 Å². The number of amides is 1. The van der Waals surface area contributed by atoms with E-state index in [1.54, 1.807) is 0 Å². The monoisotopic (exact) mass is 170 g/mol. The van der Waals surface area contributed by atoms with E-state index in [9.17, 15) is 4.79 Å². The van der Waals surface area contributed by atoms with Crippen molar-refractivity contribution in [2.75, 3.05) is 19.7 Å². The molecule has 0 aromatic heterocycles. The summed E-state index contributed by atoms with van der Waals surface area (Å²) in [7, 11) is 0. The maximum absolute atomic E-state index is 10.2. The molecule has 2 fully saturated rings. The largest absolute Gasteiger partial charge is 0.450 e. The number of rotatable bonds is 3. The highest BCUT2D eigenvalue weighted by atomic mass is 16.5. The first-order valence-electron chi connectivity index (χ1n) is 4.42. The highest BCUT2D eigenvalue weighted by Crippen LogP contribution is 2.50. The lowest BCUT2D eigenvalue weighted by Gasteiger charge is -2.03. The highest BCUT2D eigenvalue weighted by molar-refractivity contribution is 5.64. The Morgan fingerprint density at radius 2 is 2.17 bits per heavy atom. The van der Waals surface area contributed by atoms with Gasteiger partial charge in [0.05, 0.1) is 6.61 Å². The number of primary amides is 1. The van der Waals surface area contributed by atoms with Gasteiger partial charge in [-0.15, -0.1) is 0 Å². The molecule has 0 bridgehead atoms. The lowest BCUT2D eigenvalue weighted by atomic mass is 10.2. The summed E-state index contributed by atoms with van der Waals surface area (Å²) in [6.07, 6.45) is 0.332. The molecule has 0 aromatic rings. The van der Waals surface area contributed by atoms with Crippen LogP contribution in [0.2, 0.25) is 0 Å². The summed E-state index contributed by atoms with van der Waals surface area (Å²) in [4.78, 5) is 10.2. The molecule has 3 N–H and O–H groups in total. The first kappa shape index (κ1) is 7.86. The van der Waals surface area contributed by atoms with Gasteiger partial charge in [-0.3, -0.25) is 0 Å². The zero-order valence-electron chi connectivity index (χ0n) is 6.95. The molecular formula is C8H14N2O2. The van der Waals surface area contributed by atoms with Gasteiger partial charge in [-0.1, -0.05) is 0 Å². The number of nitrogens with two attached hydrogens (primary N) is 1. The lowest BCUT2D eigenvalue weighted by Crippen LogP contribution is -2.17. The molecule has 0 spiro atoms. The van der Waals surface area contributed by atoms with Gasteiger partial charge in [-0.05, 0) is 37.3 Å². The average molecular weight is 170 g/mol. The molecule has 2 unspecified atom stereocenters. The van der Waals surface area contributed by atoms with E-state index in [-0.39, 0.29) is 0 Å². The van der Waals surface area contributed by atoms with Crippen molar-refractivity contribution in [1.82, 2.24) is 5.32 Å². The molecule has 1 heterocycles. The quantitative estimate of drug-likeness (QED) is 0.623. The van der Waals surface area contributed by atoms with Crippen LogP contribution in [0.25, 0.3) is 0 Å². The summed E-state index contributed by atoms with van der Waals surface area (Å²) in [5, 5.41) is 3.32. The van der Waals surface area contributed by atoms with E-state index >= 15 is 0 Å². The van der Waals surface area contributed by atoms with Crippen LogP contribution in [0.3, 0.4) is 0 Å². The molecule has 0 radical (unpaired) electrons. The van der Waals surface area contributed by atoms with Crippen LogP contribution in [0.4, 0.5) is 4.79 Å². The molecule has 68 valence electrons. The first-order valence-corrected chi connectivity index (χ1v) is 4.42. The fourth-order valence-electron chi connectivity index (χ4n) is 2.27. The Morgan fingerprint density at radius 1 is 1.50 bits per heavy atom. The van der Waals surface area contributed by atoms with Crippen molar-refractivity contribution in [2.45, 2.75) is 6.42 Å². The van der Waals surface area contributed by atoms with Crippen LogP contribution in [-0.2, 0) is 4.74 Å². The number of nitrogens with one attached hydrogen (secondary N) is 1. The van der Waals surface area contributed by atoms with Gasteiger partial charge in [-0.2, -0.15) is 0 Å². The molecule has 1 aliphatic heterocycles. The molecule has 0 aromatic carbocycles. The van der Waals surface area contributed by atoms with Crippen molar-refractivity contribution in [1.29, 1.82) is 0 Å². The summed E-state index contributed by atoms with van der Waals surface area (Å²) in [6.45, 7) is 2.78. The third kappa shape index (κ3) is 1.39. The summed E-state index contributed by atoms with van der Waals surface area (Å²) in [5.74, 6) is 2.48. The summed E-state index contributed by atoms with van der Waals surface area (Å²) in [5.41, 5.74) is 4.84. The van der Waals surface area contributed by atoms with Crippen LogP contribution in [0.1, 0.15) is 6.42 Å². The van der Waals surface area contributed by atoms with E-state index in [1.165, 1.54) is 0 Å². The zero-order chi connectivity index (χ0) is 8.55. The second-order valence-electron chi connectivity index (χ2n) is 3.61. The third-order valence-electron chi connectivity index (χ3n) is 2.96. The Balaban J connectivity index is 1.61. The maximum atomic E-state index is 10.2. The summed E-state index contributed by atoms with van der Waals surface area (Å²) < 4.78 is 4.68. The zero-order valence-corrected chi connectivity index (χ0v) is 6.95.